The lowest BCUT2D eigenvalue weighted by Gasteiger charge is -2.41. The average molecular weight is 335 g/mol. The summed E-state index contributed by atoms with van der Waals surface area (Å²) in [6.07, 6.45) is 0.839. The summed E-state index contributed by atoms with van der Waals surface area (Å²) in [5.74, 6) is -1.61. The predicted octanol–water partition coefficient (Wildman–Crippen LogP) is 0.821. The molecule has 2 aliphatic rings. The van der Waals surface area contributed by atoms with Gasteiger partial charge in [0.2, 0.25) is 0 Å². The Kier molecular flexibility index (Phi) is 5.28. The topological polar surface area (TPSA) is 111 Å². The summed E-state index contributed by atoms with van der Waals surface area (Å²) in [7, 11) is 2.11. The zero-order chi connectivity index (χ0) is 17.7. The van der Waals surface area contributed by atoms with E-state index < -0.39 is 11.9 Å². The molecule has 2 heterocycles. The molecule has 24 heavy (non-hydrogen) atoms. The van der Waals surface area contributed by atoms with Crippen molar-refractivity contribution in [3.63, 3.8) is 0 Å². The molecule has 2 aliphatic heterocycles. The molecule has 0 amide bonds. The third-order valence-corrected chi connectivity index (χ3v) is 3.67. The summed E-state index contributed by atoms with van der Waals surface area (Å²) < 4.78 is 6.19. The summed E-state index contributed by atoms with van der Waals surface area (Å²) in [6.45, 7) is 4.88. The minimum absolute atomic E-state index is 0.209. The van der Waals surface area contributed by atoms with E-state index in [2.05, 4.69) is 35.2 Å². The number of likely N-dealkylation sites (N-methyl/N-ethyl adjacent to an activating group) is 1. The fourth-order valence-corrected chi connectivity index (χ4v) is 2.75. The molecule has 3 N–H and O–H groups in total. The summed E-state index contributed by atoms with van der Waals surface area (Å²) in [6, 6.07) is 8.20. The molecule has 130 valence electrons. The first-order valence-electron chi connectivity index (χ1n) is 7.53. The fourth-order valence-electron chi connectivity index (χ4n) is 2.75. The highest BCUT2D eigenvalue weighted by Gasteiger charge is 2.35. The van der Waals surface area contributed by atoms with Crippen molar-refractivity contribution in [2.75, 3.05) is 31.6 Å². The highest BCUT2D eigenvalue weighted by molar-refractivity contribution is 6.27. The number of aliphatic imine (C=N–C) groups is 1. The van der Waals surface area contributed by atoms with E-state index in [1.165, 1.54) is 0 Å². The molecule has 0 aliphatic carbocycles. The number of amidine groups is 1. The number of ether oxygens (including phenoxy) is 1. The molecule has 0 saturated carbocycles. The van der Waals surface area contributed by atoms with Gasteiger partial charge in [0.05, 0.1) is 18.8 Å². The van der Waals surface area contributed by atoms with Gasteiger partial charge in [-0.15, -0.1) is 0 Å². The Morgan fingerprint density at radius 3 is 2.58 bits per heavy atom. The summed E-state index contributed by atoms with van der Waals surface area (Å²) in [4.78, 5) is 24.9. The lowest BCUT2D eigenvalue weighted by molar-refractivity contribution is -0.159. The minimum atomic E-state index is -1.82. The Hall–Kier alpha value is -2.77. The molecule has 0 saturated heterocycles. The number of nitrogens with one attached hydrogen (secondary N) is 1. The quantitative estimate of drug-likeness (QED) is 0.686. The van der Waals surface area contributed by atoms with Gasteiger partial charge in [0.1, 0.15) is 17.2 Å². The second kappa shape index (κ2) is 7.20. The van der Waals surface area contributed by atoms with E-state index in [0.29, 0.717) is 0 Å². The predicted molar refractivity (Wildman–Crippen MR) is 88.9 cm³/mol. The summed E-state index contributed by atoms with van der Waals surface area (Å²) >= 11 is 0. The standard InChI is InChI=1S/C14H19N3O.C2H2O4/c1-14(9-13-15-7-8-16-13)10-17(2)11-5-3-4-6-12(11)18-14;3-1(4)2(5)6/h3-6H,7-10H2,1-2H3,(H,15,16);(H,3,4)(H,5,6). The van der Waals surface area contributed by atoms with E-state index in [-0.39, 0.29) is 5.60 Å². The number of aliphatic carboxylic acids is 2. The maximum Gasteiger partial charge on any atom is 0.414 e. The van der Waals surface area contributed by atoms with Crippen molar-refractivity contribution in [1.29, 1.82) is 0 Å². The zero-order valence-electron chi connectivity index (χ0n) is 13.7. The first kappa shape index (κ1) is 17.6. The van der Waals surface area contributed by atoms with Crippen LogP contribution in [0.5, 0.6) is 5.75 Å². The first-order chi connectivity index (χ1) is 11.3. The molecule has 1 aromatic rings. The SMILES string of the molecule is CN1CC(C)(CC2=NCCN2)Oc2ccccc21.O=C(O)C(=O)O. The lowest BCUT2D eigenvalue weighted by Crippen LogP contribution is -2.49. The van der Waals surface area contributed by atoms with Gasteiger partial charge in [-0.3, -0.25) is 4.99 Å². The van der Waals surface area contributed by atoms with Crippen molar-refractivity contribution < 1.29 is 24.5 Å². The van der Waals surface area contributed by atoms with E-state index in [4.69, 9.17) is 24.5 Å². The molecule has 0 fully saturated rings. The van der Waals surface area contributed by atoms with Crippen LogP contribution in [0.4, 0.5) is 5.69 Å². The van der Waals surface area contributed by atoms with Crippen LogP contribution in [-0.2, 0) is 9.59 Å². The Morgan fingerprint density at radius 2 is 2.00 bits per heavy atom. The van der Waals surface area contributed by atoms with Crippen molar-refractivity contribution in [2.24, 2.45) is 4.99 Å². The molecule has 8 nitrogen and oxygen atoms in total. The summed E-state index contributed by atoms with van der Waals surface area (Å²) in [5, 5.41) is 18.1. The molecule has 0 radical (unpaired) electrons. The maximum atomic E-state index is 9.10. The molecule has 3 rings (SSSR count). The van der Waals surface area contributed by atoms with Crippen LogP contribution in [0.25, 0.3) is 0 Å². The Bertz CT molecular complexity index is 649. The number of carboxylic acids is 2. The van der Waals surface area contributed by atoms with Crippen LogP contribution < -0.4 is 15.0 Å². The second-order valence-corrected chi connectivity index (χ2v) is 5.92. The van der Waals surface area contributed by atoms with Gasteiger partial charge in [-0.2, -0.15) is 0 Å². The van der Waals surface area contributed by atoms with E-state index >= 15 is 0 Å². The number of hydrogen-bond donors (Lipinski definition) is 3. The Labute approximate surface area is 139 Å². The molecular weight excluding hydrogens is 314 g/mol. The maximum absolute atomic E-state index is 9.10. The van der Waals surface area contributed by atoms with Gasteiger partial charge in [-0.1, -0.05) is 12.1 Å². The van der Waals surface area contributed by atoms with Crippen molar-refractivity contribution in [1.82, 2.24) is 5.32 Å². The normalized spacial score (nSPS) is 21.4. The largest absolute Gasteiger partial charge is 0.483 e. The van der Waals surface area contributed by atoms with Crippen LogP contribution in [0.15, 0.2) is 29.3 Å². The van der Waals surface area contributed by atoms with Crippen molar-refractivity contribution in [2.45, 2.75) is 18.9 Å². The zero-order valence-corrected chi connectivity index (χ0v) is 13.7. The van der Waals surface area contributed by atoms with Gasteiger partial charge in [0.25, 0.3) is 0 Å². The van der Waals surface area contributed by atoms with Gasteiger partial charge in [-0.25, -0.2) is 9.59 Å². The number of para-hydroxylation sites is 2. The smallest absolute Gasteiger partial charge is 0.414 e. The number of carbonyl (C=O) groups is 2. The van der Waals surface area contributed by atoms with E-state index in [0.717, 1.165) is 43.3 Å². The number of fused-ring (bicyclic) bond motifs is 1. The van der Waals surface area contributed by atoms with Crippen LogP contribution in [0.3, 0.4) is 0 Å². The number of benzene rings is 1. The van der Waals surface area contributed by atoms with Gasteiger partial charge in [0, 0.05) is 20.0 Å². The first-order valence-corrected chi connectivity index (χ1v) is 7.53. The van der Waals surface area contributed by atoms with E-state index in [9.17, 15) is 0 Å². The lowest BCUT2D eigenvalue weighted by atomic mass is 9.98. The monoisotopic (exact) mass is 335 g/mol. The number of hydrogen-bond acceptors (Lipinski definition) is 6. The van der Waals surface area contributed by atoms with Crippen LogP contribution in [0.1, 0.15) is 13.3 Å². The molecule has 1 atom stereocenters. The van der Waals surface area contributed by atoms with Crippen LogP contribution in [0, 0.1) is 0 Å². The van der Waals surface area contributed by atoms with Crippen LogP contribution in [0.2, 0.25) is 0 Å². The fraction of sp³-hybridized carbons (Fsp3) is 0.438. The van der Waals surface area contributed by atoms with Gasteiger partial charge < -0.3 is 25.2 Å². The number of nitrogens with zero attached hydrogens (tertiary/aromatic N) is 2. The third-order valence-electron chi connectivity index (χ3n) is 3.67. The Balaban J connectivity index is 0.000000301. The van der Waals surface area contributed by atoms with E-state index in [1.54, 1.807) is 0 Å². The van der Waals surface area contributed by atoms with Gasteiger partial charge in [0.15, 0.2) is 0 Å². The third kappa shape index (κ3) is 4.37. The molecular formula is C16H21N3O5. The Morgan fingerprint density at radius 1 is 1.33 bits per heavy atom. The molecule has 0 aromatic heterocycles. The average Bonchev–Trinajstić information content (AvgIpc) is 2.99. The summed E-state index contributed by atoms with van der Waals surface area (Å²) in [5.41, 5.74) is 0.954. The number of carboxylic acid groups (broad SMARTS) is 2. The van der Waals surface area contributed by atoms with Crippen molar-refractivity contribution in [3.05, 3.63) is 24.3 Å². The highest BCUT2D eigenvalue weighted by atomic mass is 16.5. The molecule has 1 aromatic carbocycles. The van der Waals surface area contributed by atoms with Crippen molar-refractivity contribution in [3.8, 4) is 5.75 Å². The van der Waals surface area contributed by atoms with Crippen LogP contribution in [-0.4, -0.2) is 60.3 Å². The second-order valence-electron chi connectivity index (χ2n) is 5.92. The molecule has 1 unspecified atom stereocenters. The molecule has 0 bridgehead atoms. The van der Waals surface area contributed by atoms with Gasteiger partial charge in [-0.05, 0) is 19.1 Å². The van der Waals surface area contributed by atoms with E-state index in [1.807, 2.05) is 18.2 Å². The number of rotatable bonds is 2. The molecule has 8 heteroatoms. The van der Waals surface area contributed by atoms with Gasteiger partial charge >= 0.3 is 11.9 Å². The number of anilines is 1. The highest BCUT2D eigenvalue weighted by Crippen LogP contribution is 2.37. The molecule has 0 spiro atoms. The minimum Gasteiger partial charge on any atom is -0.483 e. The van der Waals surface area contributed by atoms with Crippen molar-refractivity contribution >= 4 is 23.5 Å². The van der Waals surface area contributed by atoms with Crippen LogP contribution >= 0.6 is 0 Å².